The lowest BCUT2D eigenvalue weighted by molar-refractivity contribution is 0.531. The molecule has 0 saturated heterocycles. The maximum Gasteiger partial charge on any atom is 0.136 e. The molecule has 0 bridgehead atoms. The molecule has 1 aromatic rings. The Labute approximate surface area is 106 Å². The van der Waals surface area contributed by atoms with Crippen molar-refractivity contribution >= 4 is 38.6 Å². The van der Waals surface area contributed by atoms with Crippen molar-refractivity contribution in [3.8, 4) is 0 Å². The maximum absolute atomic E-state index is 11.8. The second-order valence-corrected chi connectivity index (χ2v) is 8.66. The maximum atomic E-state index is 11.8. The quantitative estimate of drug-likeness (QED) is 0.873. The van der Waals surface area contributed by atoms with E-state index in [2.05, 4.69) is 25.6 Å². The molecule has 0 unspecified atom stereocenters. The van der Waals surface area contributed by atoms with Crippen molar-refractivity contribution in [3.05, 3.63) is 15.0 Å². The third-order valence-corrected chi connectivity index (χ3v) is 5.04. The van der Waals surface area contributed by atoms with Crippen LogP contribution in [-0.4, -0.2) is 14.3 Å². The van der Waals surface area contributed by atoms with Crippen molar-refractivity contribution in [3.63, 3.8) is 0 Å². The van der Waals surface area contributed by atoms with Crippen LogP contribution in [0.1, 0.15) is 38.7 Å². The molecule has 2 atom stereocenters. The lowest BCUT2D eigenvalue weighted by Gasteiger charge is -2.25. The van der Waals surface area contributed by atoms with Gasteiger partial charge in [0, 0.05) is 11.4 Å². The normalized spacial score (nSPS) is 16.4. The minimum absolute atomic E-state index is 0.0151. The SMILES string of the molecule is C[C@@H](N[S@+]([O-])C(C)(C)C)c1ncc(Br)s1. The van der Waals surface area contributed by atoms with Crippen molar-refractivity contribution in [2.24, 2.45) is 0 Å². The first-order valence-corrected chi connectivity index (χ1v) is 7.36. The number of nitrogens with one attached hydrogen (secondary N) is 1. The minimum atomic E-state index is -1.06. The molecule has 6 heteroatoms. The van der Waals surface area contributed by atoms with Gasteiger partial charge in [-0.25, -0.2) is 4.98 Å². The van der Waals surface area contributed by atoms with Crippen LogP contribution in [0.4, 0.5) is 0 Å². The number of aromatic nitrogens is 1. The summed E-state index contributed by atoms with van der Waals surface area (Å²) >= 11 is 3.86. The largest absolute Gasteiger partial charge is 0.598 e. The van der Waals surface area contributed by atoms with E-state index in [0.717, 1.165) is 8.79 Å². The molecule has 0 aliphatic carbocycles. The molecule has 1 rings (SSSR count). The van der Waals surface area contributed by atoms with Crippen LogP contribution in [0.25, 0.3) is 0 Å². The number of rotatable bonds is 3. The van der Waals surface area contributed by atoms with Crippen LogP contribution in [0.2, 0.25) is 0 Å². The number of hydrogen-bond acceptors (Lipinski definition) is 4. The van der Waals surface area contributed by atoms with Crippen molar-refractivity contribution in [2.75, 3.05) is 0 Å². The predicted octanol–water partition coefficient (Wildman–Crippen LogP) is 3.02. The number of halogens is 1. The summed E-state index contributed by atoms with van der Waals surface area (Å²) in [6.07, 6.45) is 1.76. The first-order valence-electron chi connectivity index (χ1n) is 4.60. The van der Waals surface area contributed by atoms with Gasteiger partial charge in [0.1, 0.15) is 15.8 Å². The lowest BCUT2D eigenvalue weighted by atomic mass is 10.3. The average molecular weight is 311 g/mol. The van der Waals surface area contributed by atoms with Gasteiger partial charge in [-0.3, -0.25) is 0 Å². The van der Waals surface area contributed by atoms with E-state index >= 15 is 0 Å². The molecule has 1 N–H and O–H groups in total. The fraction of sp³-hybridized carbons (Fsp3) is 0.667. The van der Waals surface area contributed by atoms with E-state index in [1.54, 1.807) is 17.5 Å². The van der Waals surface area contributed by atoms with Gasteiger partial charge in [0.05, 0.1) is 9.98 Å². The summed E-state index contributed by atoms with van der Waals surface area (Å²) in [5.41, 5.74) is 0. The van der Waals surface area contributed by atoms with Crippen LogP contribution in [0.5, 0.6) is 0 Å². The summed E-state index contributed by atoms with van der Waals surface area (Å²) in [5.74, 6) is 0. The zero-order valence-corrected chi connectivity index (χ0v) is 12.4. The zero-order valence-electron chi connectivity index (χ0n) is 9.20. The Bertz CT molecular complexity index is 324. The summed E-state index contributed by atoms with van der Waals surface area (Å²) in [5, 5.41) is 0.944. The van der Waals surface area contributed by atoms with E-state index in [0.29, 0.717) is 0 Å². The highest BCUT2D eigenvalue weighted by atomic mass is 79.9. The number of nitrogens with zero attached hydrogens (tertiary/aromatic N) is 1. The number of hydrogen-bond donors (Lipinski definition) is 1. The van der Waals surface area contributed by atoms with E-state index < -0.39 is 11.4 Å². The van der Waals surface area contributed by atoms with Crippen molar-refractivity contribution in [1.82, 2.24) is 9.71 Å². The Morgan fingerprint density at radius 2 is 2.20 bits per heavy atom. The van der Waals surface area contributed by atoms with E-state index in [-0.39, 0.29) is 10.8 Å². The molecule has 86 valence electrons. The lowest BCUT2D eigenvalue weighted by Crippen LogP contribution is -2.40. The Morgan fingerprint density at radius 1 is 1.60 bits per heavy atom. The van der Waals surface area contributed by atoms with Gasteiger partial charge < -0.3 is 4.55 Å². The molecular formula is C9H15BrN2OS2. The highest BCUT2D eigenvalue weighted by molar-refractivity contribution is 9.11. The van der Waals surface area contributed by atoms with E-state index in [4.69, 9.17) is 0 Å². The molecule has 0 radical (unpaired) electrons. The van der Waals surface area contributed by atoms with Gasteiger partial charge in [0.15, 0.2) is 0 Å². The Morgan fingerprint density at radius 3 is 2.60 bits per heavy atom. The first-order chi connectivity index (χ1) is 6.80. The molecule has 0 spiro atoms. The Balaban J connectivity index is 2.60. The monoisotopic (exact) mass is 310 g/mol. The average Bonchev–Trinajstić information content (AvgIpc) is 2.50. The van der Waals surface area contributed by atoms with Crippen molar-refractivity contribution in [2.45, 2.75) is 38.5 Å². The van der Waals surface area contributed by atoms with Gasteiger partial charge in [0.2, 0.25) is 0 Å². The smallest absolute Gasteiger partial charge is 0.136 e. The molecule has 3 nitrogen and oxygen atoms in total. The highest BCUT2D eigenvalue weighted by Crippen LogP contribution is 2.26. The predicted molar refractivity (Wildman–Crippen MR) is 69.3 cm³/mol. The zero-order chi connectivity index (χ0) is 11.6. The molecule has 0 aliphatic heterocycles. The topological polar surface area (TPSA) is 48.0 Å². The third kappa shape index (κ3) is 4.03. The molecule has 0 aromatic carbocycles. The molecule has 0 amide bonds. The summed E-state index contributed by atoms with van der Waals surface area (Å²) in [6.45, 7) is 7.80. The molecule has 0 fully saturated rings. The molecule has 0 aliphatic rings. The van der Waals surface area contributed by atoms with Gasteiger partial charge >= 0.3 is 0 Å². The van der Waals surface area contributed by atoms with E-state index in [9.17, 15) is 4.55 Å². The van der Waals surface area contributed by atoms with Crippen LogP contribution < -0.4 is 4.72 Å². The summed E-state index contributed by atoms with van der Waals surface area (Å²) < 4.78 is 15.6. The van der Waals surface area contributed by atoms with Crippen LogP contribution in [-0.2, 0) is 11.4 Å². The standard InChI is InChI=1S/C9H15BrN2OS2/c1-6(8-11-5-7(10)14-8)12-15(13)9(2,3)4/h5-6,12H,1-4H3/t6-,15-/m1/s1. The van der Waals surface area contributed by atoms with E-state index in [1.165, 1.54) is 0 Å². The van der Waals surface area contributed by atoms with E-state index in [1.807, 2.05) is 27.7 Å². The molecule has 1 aromatic heterocycles. The Kier molecular flexibility index (Phi) is 4.61. The van der Waals surface area contributed by atoms with Crippen LogP contribution in [0.15, 0.2) is 9.98 Å². The number of thiazole rings is 1. The molecular weight excluding hydrogens is 296 g/mol. The summed E-state index contributed by atoms with van der Waals surface area (Å²) in [6, 6.07) is 0.0151. The second kappa shape index (κ2) is 5.14. The third-order valence-electron chi connectivity index (χ3n) is 1.71. The molecule has 15 heavy (non-hydrogen) atoms. The van der Waals surface area contributed by atoms with Crippen LogP contribution in [0, 0.1) is 0 Å². The van der Waals surface area contributed by atoms with Crippen LogP contribution in [0.3, 0.4) is 0 Å². The highest BCUT2D eigenvalue weighted by Gasteiger charge is 2.29. The van der Waals surface area contributed by atoms with Gasteiger partial charge in [-0.05, 0) is 43.6 Å². The van der Waals surface area contributed by atoms with Gasteiger partial charge in [-0.1, -0.05) is 0 Å². The van der Waals surface area contributed by atoms with Crippen molar-refractivity contribution in [1.29, 1.82) is 0 Å². The van der Waals surface area contributed by atoms with Crippen molar-refractivity contribution < 1.29 is 4.55 Å². The molecule has 1 heterocycles. The van der Waals surface area contributed by atoms with Gasteiger partial charge in [0.25, 0.3) is 0 Å². The van der Waals surface area contributed by atoms with Gasteiger partial charge in [-0.15, -0.1) is 16.1 Å². The Hall–Kier alpha value is 0.380. The van der Waals surface area contributed by atoms with Crippen LogP contribution >= 0.6 is 27.3 Å². The van der Waals surface area contributed by atoms with Gasteiger partial charge in [-0.2, -0.15) is 0 Å². The first kappa shape index (κ1) is 13.4. The summed E-state index contributed by atoms with van der Waals surface area (Å²) in [4.78, 5) is 4.23. The summed E-state index contributed by atoms with van der Waals surface area (Å²) in [7, 11) is 0. The second-order valence-electron chi connectivity index (χ2n) is 4.22. The fourth-order valence-electron chi connectivity index (χ4n) is 0.855. The fourth-order valence-corrected chi connectivity index (χ4v) is 2.96. The minimum Gasteiger partial charge on any atom is -0.598 e. The molecule has 0 saturated carbocycles.